The third-order valence-electron chi connectivity index (χ3n) is 5.08. The van der Waals surface area contributed by atoms with Gasteiger partial charge in [-0.2, -0.15) is 0 Å². The highest BCUT2D eigenvalue weighted by molar-refractivity contribution is 6.12. The standard InChI is InChI=1S/C25H24N2O6/c1-5-30-19-9-7-18(8-10-19)24-26-21(25(28)32-24)12-17-6-11-22(23(13-17)29-4)31-14-20-15(2)27-33-16(20)3/h6-13H,5,14H2,1-4H3/b21-12-. The molecule has 4 rings (SSSR count). The van der Waals surface area contributed by atoms with E-state index in [1.54, 1.807) is 37.5 Å². The minimum absolute atomic E-state index is 0.199. The number of hydrogen-bond acceptors (Lipinski definition) is 8. The number of methoxy groups -OCH3 is 1. The molecule has 0 atom stereocenters. The van der Waals surface area contributed by atoms with E-state index in [0.29, 0.717) is 36.0 Å². The highest BCUT2D eigenvalue weighted by Gasteiger charge is 2.24. The fraction of sp³-hybridized carbons (Fsp3) is 0.240. The minimum atomic E-state index is -0.517. The third-order valence-corrected chi connectivity index (χ3v) is 5.08. The molecule has 1 aliphatic rings. The maximum absolute atomic E-state index is 12.4. The molecular formula is C25H24N2O6. The van der Waals surface area contributed by atoms with Gasteiger partial charge in [0.1, 0.15) is 18.1 Å². The Morgan fingerprint density at radius 2 is 1.82 bits per heavy atom. The molecule has 0 unspecified atom stereocenters. The lowest BCUT2D eigenvalue weighted by atomic mass is 10.1. The number of nitrogens with zero attached hydrogens (tertiary/aromatic N) is 2. The molecule has 1 aromatic heterocycles. The Morgan fingerprint density at radius 3 is 2.48 bits per heavy atom. The van der Waals surface area contributed by atoms with Crippen molar-refractivity contribution in [1.29, 1.82) is 0 Å². The predicted molar refractivity (Wildman–Crippen MR) is 122 cm³/mol. The molecular weight excluding hydrogens is 424 g/mol. The van der Waals surface area contributed by atoms with Crippen molar-refractivity contribution in [2.75, 3.05) is 13.7 Å². The van der Waals surface area contributed by atoms with Crippen molar-refractivity contribution in [3.8, 4) is 17.2 Å². The van der Waals surface area contributed by atoms with E-state index < -0.39 is 5.97 Å². The lowest BCUT2D eigenvalue weighted by molar-refractivity contribution is -0.129. The molecule has 170 valence electrons. The van der Waals surface area contributed by atoms with Crippen molar-refractivity contribution in [3.63, 3.8) is 0 Å². The van der Waals surface area contributed by atoms with Gasteiger partial charge in [0.2, 0.25) is 5.90 Å². The van der Waals surface area contributed by atoms with Gasteiger partial charge in [-0.15, -0.1) is 0 Å². The van der Waals surface area contributed by atoms with Crippen LogP contribution in [-0.2, 0) is 16.1 Å². The van der Waals surface area contributed by atoms with Crippen molar-refractivity contribution < 1.29 is 28.3 Å². The monoisotopic (exact) mass is 448 g/mol. The highest BCUT2D eigenvalue weighted by atomic mass is 16.6. The molecule has 0 radical (unpaired) electrons. The van der Waals surface area contributed by atoms with Crippen LogP contribution in [0.3, 0.4) is 0 Å². The normalized spacial score (nSPS) is 14.2. The molecule has 33 heavy (non-hydrogen) atoms. The Morgan fingerprint density at radius 1 is 1.03 bits per heavy atom. The van der Waals surface area contributed by atoms with Gasteiger partial charge in [0.15, 0.2) is 17.2 Å². The average molecular weight is 448 g/mol. The van der Waals surface area contributed by atoms with E-state index in [1.165, 1.54) is 0 Å². The van der Waals surface area contributed by atoms with Gasteiger partial charge in [0.25, 0.3) is 0 Å². The third kappa shape index (κ3) is 4.90. The van der Waals surface area contributed by atoms with Gasteiger partial charge in [-0.05, 0) is 68.8 Å². The highest BCUT2D eigenvalue weighted by Crippen LogP contribution is 2.31. The van der Waals surface area contributed by atoms with Gasteiger partial charge in [-0.1, -0.05) is 11.2 Å². The first-order valence-electron chi connectivity index (χ1n) is 10.5. The molecule has 0 fully saturated rings. The van der Waals surface area contributed by atoms with E-state index in [9.17, 15) is 4.79 Å². The maximum Gasteiger partial charge on any atom is 0.363 e. The predicted octanol–water partition coefficient (Wildman–Crippen LogP) is 4.62. The molecule has 2 aromatic carbocycles. The smallest absolute Gasteiger partial charge is 0.363 e. The van der Waals surface area contributed by atoms with Crippen LogP contribution in [0.25, 0.3) is 6.08 Å². The second-order valence-electron chi connectivity index (χ2n) is 7.30. The summed E-state index contributed by atoms with van der Waals surface area (Å²) in [6, 6.07) is 12.6. The van der Waals surface area contributed by atoms with Crippen molar-refractivity contribution in [2.45, 2.75) is 27.4 Å². The summed E-state index contributed by atoms with van der Waals surface area (Å²) in [6.07, 6.45) is 1.64. The Hall–Kier alpha value is -4.07. The summed E-state index contributed by atoms with van der Waals surface area (Å²) in [7, 11) is 1.56. The number of esters is 1. The van der Waals surface area contributed by atoms with Crippen molar-refractivity contribution in [2.24, 2.45) is 4.99 Å². The van der Waals surface area contributed by atoms with Crippen LogP contribution in [0.4, 0.5) is 0 Å². The van der Waals surface area contributed by atoms with E-state index >= 15 is 0 Å². The summed E-state index contributed by atoms with van der Waals surface area (Å²) < 4.78 is 27.3. The maximum atomic E-state index is 12.4. The summed E-state index contributed by atoms with van der Waals surface area (Å²) in [4.78, 5) is 16.7. The Balaban J connectivity index is 1.52. The second kappa shape index (κ2) is 9.60. The fourth-order valence-corrected chi connectivity index (χ4v) is 3.30. The van der Waals surface area contributed by atoms with Gasteiger partial charge in [-0.3, -0.25) is 0 Å². The van der Waals surface area contributed by atoms with Crippen molar-refractivity contribution in [1.82, 2.24) is 5.16 Å². The van der Waals surface area contributed by atoms with E-state index in [-0.39, 0.29) is 11.6 Å². The van der Waals surface area contributed by atoms with Gasteiger partial charge in [0, 0.05) is 5.56 Å². The number of rotatable bonds is 8. The fourth-order valence-electron chi connectivity index (χ4n) is 3.30. The number of hydrogen-bond donors (Lipinski definition) is 0. The zero-order valence-corrected chi connectivity index (χ0v) is 18.9. The molecule has 0 amide bonds. The summed E-state index contributed by atoms with van der Waals surface area (Å²) in [5.74, 6) is 2.28. The number of carbonyl (C=O) groups is 1. The first-order chi connectivity index (χ1) is 16.0. The molecule has 0 aliphatic carbocycles. The van der Waals surface area contributed by atoms with Crippen molar-refractivity contribution >= 4 is 17.9 Å². The Labute approximate surface area is 191 Å². The molecule has 8 heteroatoms. The van der Waals surface area contributed by atoms with Crippen molar-refractivity contribution in [3.05, 3.63) is 76.3 Å². The van der Waals surface area contributed by atoms with Crippen LogP contribution in [0.1, 0.15) is 35.1 Å². The van der Waals surface area contributed by atoms with E-state index in [2.05, 4.69) is 10.1 Å². The minimum Gasteiger partial charge on any atom is -0.494 e. The molecule has 0 saturated heterocycles. The summed E-state index contributed by atoms with van der Waals surface area (Å²) in [5, 5.41) is 3.93. The quantitative estimate of drug-likeness (QED) is 0.367. The lowest BCUT2D eigenvalue weighted by Crippen LogP contribution is -2.05. The Kier molecular flexibility index (Phi) is 6.44. The summed E-state index contributed by atoms with van der Waals surface area (Å²) in [5.41, 5.74) is 3.29. The van der Waals surface area contributed by atoms with Gasteiger partial charge >= 0.3 is 5.97 Å². The van der Waals surface area contributed by atoms with Gasteiger partial charge in [0.05, 0.1) is 25.0 Å². The van der Waals surface area contributed by atoms with Crippen LogP contribution < -0.4 is 14.2 Å². The summed E-state index contributed by atoms with van der Waals surface area (Å²) >= 11 is 0. The van der Waals surface area contributed by atoms with E-state index in [0.717, 1.165) is 22.6 Å². The first-order valence-corrected chi connectivity index (χ1v) is 10.5. The van der Waals surface area contributed by atoms with Gasteiger partial charge in [-0.25, -0.2) is 9.79 Å². The molecule has 0 N–H and O–H groups in total. The van der Waals surface area contributed by atoms with Crippen LogP contribution in [-0.4, -0.2) is 30.7 Å². The summed E-state index contributed by atoms with van der Waals surface area (Å²) in [6.45, 7) is 6.51. The molecule has 2 heterocycles. The molecule has 3 aromatic rings. The SMILES string of the molecule is CCOc1ccc(C2=N/C(=C\c3ccc(OCc4c(C)noc4C)c(OC)c3)C(=O)O2)cc1. The molecule has 0 saturated carbocycles. The van der Waals surface area contributed by atoms with Crippen LogP contribution in [0.15, 0.2) is 57.7 Å². The van der Waals surface area contributed by atoms with E-state index in [4.69, 9.17) is 23.5 Å². The molecule has 0 spiro atoms. The molecule has 0 bridgehead atoms. The van der Waals surface area contributed by atoms with Crippen LogP contribution in [0.2, 0.25) is 0 Å². The van der Waals surface area contributed by atoms with E-state index in [1.807, 2.05) is 39.0 Å². The zero-order valence-electron chi connectivity index (χ0n) is 18.9. The number of aryl methyl sites for hydroxylation is 2. The number of aliphatic imine (C=N–C) groups is 1. The molecule has 8 nitrogen and oxygen atoms in total. The first kappa shape index (κ1) is 22.1. The lowest BCUT2D eigenvalue weighted by Gasteiger charge is -2.11. The number of ether oxygens (including phenoxy) is 4. The Bertz CT molecular complexity index is 1200. The van der Waals surface area contributed by atoms with Crippen LogP contribution >= 0.6 is 0 Å². The van der Waals surface area contributed by atoms with Crippen LogP contribution in [0.5, 0.6) is 17.2 Å². The zero-order chi connectivity index (χ0) is 23.4. The van der Waals surface area contributed by atoms with Crippen LogP contribution in [0, 0.1) is 13.8 Å². The van der Waals surface area contributed by atoms with Gasteiger partial charge < -0.3 is 23.5 Å². The second-order valence-corrected chi connectivity index (χ2v) is 7.30. The number of carbonyl (C=O) groups excluding carboxylic acids is 1. The number of aromatic nitrogens is 1. The molecule has 1 aliphatic heterocycles. The number of benzene rings is 2. The number of cyclic esters (lactones) is 1. The largest absolute Gasteiger partial charge is 0.494 e. The topological polar surface area (TPSA) is 92.4 Å². The average Bonchev–Trinajstić information content (AvgIpc) is 3.34.